The fourth-order valence-electron chi connectivity index (χ4n) is 5.63. The Morgan fingerprint density at radius 1 is 1.04 bits per heavy atom. The number of ether oxygens (including phenoxy) is 3. The number of benzene rings is 2. The van der Waals surface area contributed by atoms with E-state index in [1.807, 2.05) is 42.5 Å². The van der Waals surface area contributed by atoms with Crippen molar-refractivity contribution in [3.63, 3.8) is 0 Å². The molecule has 0 radical (unpaired) electrons. The van der Waals surface area contributed by atoms with E-state index < -0.39 is 6.10 Å². The number of fused-ring (bicyclic) bond motifs is 1. The number of nitrogens with zero attached hydrogens (tertiary/aromatic N) is 3. The first kappa shape index (κ1) is 32.7. The van der Waals surface area contributed by atoms with E-state index in [1.165, 1.54) is 12.7 Å². The maximum absolute atomic E-state index is 11.5. The highest BCUT2D eigenvalue weighted by atomic mass is 35.5. The Labute approximate surface area is 273 Å². The van der Waals surface area contributed by atoms with E-state index in [9.17, 15) is 9.90 Å². The Balaban J connectivity index is 1.47. The summed E-state index contributed by atoms with van der Waals surface area (Å²) in [5.74, 6) is 0.835. The number of carbonyl (C=O) groups is 1. The highest BCUT2D eigenvalue weighted by molar-refractivity contribution is 6.39. The van der Waals surface area contributed by atoms with Crippen LogP contribution in [0.2, 0.25) is 10.0 Å². The largest absolute Gasteiger partial charge is 0.496 e. The number of aromatic nitrogens is 2. The summed E-state index contributed by atoms with van der Waals surface area (Å²) in [6, 6.07) is 15.4. The molecule has 0 saturated carbocycles. The van der Waals surface area contributed by atoms with Gasteiger partial charge in [-0.15, -0.1) is 0 Å². The van der Waals surface area contributed by atoms with Gasteiger partial charge in [0.05, 0.1) is 55.4 Å². The zero-order valence-corrected chi connectivity index (χ0v) is 27.2. The van der Waals surface area contributed by atoms with E-state index in [4.69, 9.17) is 37.7 Å². The summed E-state index contributed by atoms with van der Waals surface area (Å²) in [4.78, 5) is 23.1. The summed E-state index contributed by atoms with van der Waals surface area (Å²) in [6.07, 6.45) is 2.16. The predicted octanol–water partition coefficient (Wildman–Crippen LogP) is 5.80. The molecule has 2 N–H and O–H groups in total. The first-order valence-corrected chi connectivity index (χ1v) is 15.3. The molecule has 0 bridgehead atoms. The lowest BCUT2D eigenvalue weighted by atomic mass is 9.93. The van der Waals surface area contributed by atoms with E-state index in [-0.39, 0.29) is 12.5 Å². The molecule has 1 atom stereocenters. The Morgan fingerprint density at radius 2 is 1.82 bits per heavy atom. The first-order chi connectivity index (χ1) is 21.7. The van der Waals surface area contributed by atoms with Crippen LogP contribution in [0.3, 0.4) is 0 Å². The smallest absolute Gasteiger partial charge is 0.319 e. The molecule has 3 heterocycles. The van der Waals surface area contributed by atoms with Crippen molar-refractivity contribution in [1.29, 1.82) is 0 Å². The van der Waals surface area contributed by atoms with Gasteiger partial charge >= 0.3 is 5.97 Å². The Kier molecular flexibility index (Phi) is 10.6. The van der Waals surface area contributed by atoms with Crippen LogP contribution in [-0.2, 0) is 29.0 Å². The molecule has 45 heavy (non-hydrogen) atoms. The number of pyridine rings is 2. The van der Waals surface area contributed by atoms with Gasteiger partial charge in [0.15, 0.2) is 0 Å². The number of aliphatic hydroxyl groups excluding tert-OH is 1. The lowest BCUT2D eigenvalue weighted by molar-refractivity contribution is -0.139. The third-order valence-electron chi connectivity index (χ3n) is 7.80. The minimum Gasteiger partial charge on any atom is -0.496 e. The van der Waals surface area contributed by atoms with E-state index in [0.29, 0.717) is 52.5 Å². The third-order valence-corrected chi connectivity index (χ3v) is 8.58. The monoisotopic (exact) mass is 650 g/mol. The number of rotatable bonds is 11. The van der Waals surface area contributed by atoms with Crippen LogP contribution < -0.4 is 14.8 Å². The van der Waals surface area contributed by atoms with Gasteiger partial charge in [0.2, 0.25) is 5.88 Å². The molecule has 0 fully saturated rings. The fourth-order valence-corrected chi connectivity index (χ4v) is 6.28. The van der Waals surface area contributed by atoms with Crippen molar-refractivity contribution in [1.82, 2.24) is 20.2 Å². The van der Waals surface area contributed by atoms with Gasteiger partial charge in [-0.05, 0) is 43.2 Å². The summed E-state index contributed by atoms with van der Waals surface area (Å²) in [6.45, 7) is 4.42. The molecule has 0 amide bonds. The Bertz CT molecular complexity index is 1680. The summed E-state index contributed by atoms with van der Waals surface area (Å²) < 4.78 is 16.0. The molecular formula is C34H36Cl2N4O5. The average molecular weight is 652 g/mol. The molecule has 0 saturated heterocycles. The molecule has 1 unspecified atom stereocenters. The molecule has 9 nitrogen and oxygen atoms in total. The second kappa shape index (κ2) is 14.6. The van der Waals surface area contributed by atoms with Crippen LogP contribution >= 0.6 is 23.2 Å². The van der Waals surface area contributed by atoms with Gasteiger partial charge in [-0.25, -0.2) is 4.98 Å². The molecule has 4 aromatic rings. The highest BCUT2D eigenvalue weighted by Crippen LogP contribution is 2.43. The standard InChI is InChI=1S/C34H36Cl2N4O5/c1-20(41)18-40-13-11-21-14-23(15-29(43-2)27(21)19-40)33-32(36)25(10-12-38-33)24-6-5-7-26(31(24)35)28-9-8-22(34(39-28)45-4)16-37-17-30(42)44-3/h5-10,12,14-15,20,37,41H,11,13,16-19H2,1-4H3. The third kappa shape index (κ3) is 7.24. The number of esters is 1. The van der Waals surface area contributed by atoms with Gasteiger partial charge < -0.3 is 24.6 Å². The van der Waals surface area contributed by atoms with Crippen LogP contribution in [0.15, 0.2) is 54.7 Å². The minimum absolute atomic E-state index is 0.0742. The van der Waals surface area contributed by atoms with E-state index in [0.717, 1.165) is 46.5 Å². The quantitative estimate of drug-likeness (QED) is 0.195. The molecule has 1 aliphatic rings. The van der Waals surface area contributed by atoms with Crippen molar-refractivity contribution in [2.45, 2.75) is 32.5 Å². The van der Waals surface area contributed by atoms with E-state index in [1.54, 1.807) is 27.3 Å². The van der Waals surface area contributed by atoms with E-state index in [2.05, 4.69) is 26.0 Å². The lowest BCUT2D eigenvalue weighted by Gasteiger charge is -2.31. The molecule has 0 spiro atoms. The summed E-state index contributed by atoms with van der Waals surface area (Å²) in [5.41, 5.74) is 7.40. The fraction of sp³-hybridized carbons (Fsp3) is 0.324. The van der Waals surface area contributed by atoms with E-state index >= 15 is 0 Å². The number of aliphatic hydroxyl groups is 1. The molecule has 236 valence electrons. The maximum atomic E-state index is 11.5. The van der Waals surface area contributed by atoms with Gasteiger partial charge in [-0.1, -0.05) is 47.5 Å². The number of hydrogen-bond acceptors (Lipinski definition) is 9. The number of β-amino-alcohol motifs (C(OH)–C–C–N with tert-alkyl or cyclic N) is 1. The van der Waals surface area contributed by atoms with Crippen LogP contribution in [-0.4, -0.2) is 73.0 Å². The van der Waals surface area contributed by atoms with Gasteiger partial charge in [0.1, 0.15) is 5.75 Å². The van der Waals surface area contributed by atoms with Crippen molar-refractivity contribution < 1.29 is 24.1 Å². The van der Waals surface area contributed by atoms with Crippen LogP contribution in [0.4, 0.5) is 0 Å². The van der Waals surface area contributed by atoms with Gasteiger partial charge in [0, 0.05) is 65.8 Å². The second-order valence-electron chi connectivity index (χ2n) is 10.9. The molecule has 2 aromatic heterocycles. The normalized spacial score (nSPS) is 13.7. The number of nitrogens with one attached hydrogen (secondary N) is 1. The summed E-state index contributed by atoms with van der Waals surface area (Å²) in [7, 11) is 4.56. The van der Waals surface area contributed by atoms with Crippen LogP contribution in [0.5, 0.6) is 11.6 Å². The maximum Gasteiger partial charge on any atom is 0.319 e. The van der Waals surface area contributed by atoms with Crippen LogP contribution in [0, 0.1) is 0 Å². The van der Waals surface area contributed by atoms with Crippen molar-refractivity contribution in [3.05, 3.63) is 81.5 Å². The predicted molar refractivity (Wildman–Crippen MR) is 176 cm³/mol. The SMILES string of the molecule is COC(=O)CNCc1ccc(-c2cccc(-c3ccnc(-c4cc5c(c(OC)c4)CN(CC(C)O)CC5)c3Cl)c2Cl)nc1OC. The number of methoxy groups -OCH3 is 3. The molecule has 1 aliphatic heterocycles. The molecule has 11 heteroatoms. The zero-order chi connectivity index (χ0) is 32.1. The van der Waals surface area contributed by atoms with Crippen molar-refractivity contribution in [2.24, 2.45) is 0 Å². The molecule has 5 rings (SSSR count). The van der Waals surface area contributed by atoms with Crippen molar-refractivity contribution in [3.8, 4) is 45.3 Å². The molecule has 2 aromatic carbocycles. The number of carbonyl (C=O) groups excluding carboxylic acids is 1. The lowest BCUT2D eigenvalue weighted by Crippen LogP contribution is -2.35. The van der Waals surface area contributed by atoms with Gasteiger partial charge in [-0.3, -0.25) is 14.7 Å². The number of halogens is 2. The van der Waals surface area contributed by atoms with Crippen molar-refractivity contribution in [2.75, 3.05) is 41.0 Å². The molecular weight excluding hydrogens is 615 g/mol. The topological polar surface area (TPSA) is 106 Å². The summed E-state index contributed by atoms with van der Waals surface area (Å²) in [5, 5.41) is 13.9. The average Bonchev–Trinajstić information content (AvgIpc) is 3.04. The summed E-state index contributed by atoms with van der Waals surface area (Å²) >= 11 is 14.1. The first-order valence-electron chi connectivity index (χ1n) is 14.6. The van der Waals surface area contributed by atoms with Gasteiger partial charge in [0.25, 0.3) is 0 Å². The zero-order valence-electron chi connectivity index (χ0n) is 25.7. The van der Waals surface area contributed by atoms with Crippen LogP contribution in [0.25, 0.3) is 33.6 Å². The molecule has 0 aliphatic carbocycles. The Hall–Kier alpha value is -3.73. The second-order valence-corrected chi connectivity index (χ2v) is 11.6. The highest BCUT2D eigenvalue weighted by Gasteiger charge is 2.24. The Morgan fingerprint density at radius 3 is 2.56 bits per heavy atom. The number of hydrogen-bond donors (Lipinski definition) is 2. The minimum atomic E-state index is -0.397. The van der Waals surface area contributed by atoms with Crippen molar-refractivity contribution >= 4 is 29.2 Å². The van der Waals surface area contributed by atoms with Crippen LogP contribution in [0.1, 0.15) is 23.6 Å². The van der Waals surface area contributed by atoms with Gasteiger partial charge in [-0.2, -0.15) is 0 Å².